The number of nitrogen functional groups attached to an aromatic ring is 1. The van der Waals surface area contributed by atoms with Gasteiger partial charge in [-0.05, 0) is 12.8 Å². The van der Waals surface area contributed by atoms with E-state index < -0.39 is 5.82 Å². The molecule has 1 atom stereocenters. The lowest BCUT2D eigenvalue weighted by molar-refractivity contribution is 0.0647. The van der Waals surface area contributed by atoms with Crippen LogP contribution in [0.2, 0.25) is 0 Å². The third kappa shape index (κ3) is 2.53. The van der Waals surface area contributed by atoms with Gasteiger partial charge in [-0.25, -0.2) is 4.98 Å². The van der Waals surface area contributed by atoms with Gasteiger partial charge in [0, 0.05) is 6.61 Å². The van der Waals surface area contributed by atoms with Gasteiger partial charge in [-0.1, -0.05) is 0 Å². The van der Waals surface area contributed by atoms with Gasteiger partial charge in [-0.3, -0.25) is 0 Å². The maximum absolute atomic E-state index is 13.1. The summed E-state index contributed by atoms with van der Waals surface area (Å²) < 4.78 is 23.6. The zero-order valence-corrected chi connectivity index (χ0v) is 8.15. The lowest BCUT2D eigenvalue weighted by atomic mass is 10.2. The van der Waals surface area contributed by atoms with Crippen LogP contribution in [0.1, 0.15) is 12.8 Å². The van der Waals surface area contributed by atoms with Crippen molar-refractivity contribution < 1.29 is 13.9 Å². The maximum atomic E-state index is 13.1. The van der Waals surface area contributed by atoms with Gasteiger partial charge in [-0.15, -0.1) is 0 Å². The van der Waals surface area contributed by atoms with Crippen LogP contribution in [0.25, 0.3) is 0 Å². The van der Waals surface area contributed by atoms with Gasteiger partial charge in [0.05, 0.1) is 12.3 Å². The van der Waals surface area contributed by atoms with Crippen LogP contribution in [0.4, 0.5) is 10.3 Å². The molecule has 0 spiro atoms. The van der Waals surface area contributed by atoms with E-state index in [1.807, 2.05) is 0 Å². The molecule has 0 radical (unpaired) electrons. The van der Waals surface area contributed by atoms with E-state index in [1.165, 1.54) is 0 Å². The normalized spacial score (nSPS) is 20.5. The van der Waals surface area contributed by atoms with Crippen molar-refractivity contribution in [2.45, 2.75) is 18.9 Å². The fourth-order valence-corrected chi connectivity index (χ4v) is 1.41. The second-order valence-corrected chi connectivity index (χ2v) is 3.33. The van der Waals surface area contributed by atoms with Crippen molar-refractivity contribution in [3.63, 3.8) is 0 Å². The van der Waals surface area contributed by atoms with E-state index in [-0.39, 0.29) is 17.9 Å². The largest absolute Gasteiger partial charge is 0.473 e. The minimum absolute atomic E-state index is 0.00117. The molecule has 15 heavy (non-hydrogen) atoms. The average Bonchev–Trinajstić information content (AvgIpc) is 2.72. The van der Waals surface area contributed by atoms with Crippen molar-refractivity contribution in [2.75, 3.05) is 18.9 Å². The smallest absolute Gasteiger partial charge is 0.255 e. The lowest BCUT2D eigenvalue weighted by Crippen LogP contribution is -2.17. The third-order valence-electron chi connectivity index (χ3n) is 2.16. The molecular formula is C9H12FN3O2. The summed E-state index contributed by atoms with van der Waals surface area (Å²) in [6.07, 6.45) is 2.97. The minimum Gasteiger partial charge on any atom is -0.473 e. The van der Waals surface area contributed by atoms with Crippen molar-refractivity contribution in [1.29, 1.82) is 0 Å². The highest BCUT2D eigenvalue weighted by Gasteiger charge is 2.17. The van der Waals surface area contributed by atoms with E-state index in [0.29, 0.717) is 6.61 Å². The molecule has 5 nitrogen and oxygen atoms in total. The fourth-order valence-electron chi connectivity index (χ4n) is 1.41. The summed E-state index contributed by atoms with van der Waals surface area (Å²) in [5, 5.41) is 0. The number of anilines is 1. The summed E-state index contributed by atoms with van der Waals surface area (Å²) in [4.78, 5) is 7.15. The predicted octanol–water partition coefficient (Wildman–Crippen LogP) is 0.756. The van der Waals surface area contributed by atoms with Crippen molar-refractivity contribution in [3.05, 3.63) is 12.0 Å². The van der Waals surface area contributed by atoms with Crippen molar-refractivity contribution in [3.8, 4) is 5.88 Å². The molecule has 1 unspecified atom stereocenters. The molecule has 6 heteroatoms. The third-order valence-corrected chi connectivity index (χ3v) is 2.16. The molecule has 2 rings (SSSR count). The Balaban J connectivity index is 1.94. The van der Waals surface area contributed by atoms with Crippen LogP contribution in [0, 0.1) is 5.82 Å². The molecular weight excluding hydrogens is 201 g/mol. The summed E-state index contributed by atoms with van der Waals surface area (Å²) >= 11 is 0. The first kappa shape index (κ1) is 10.1. The van der Waals surface area contributed by atoms with Gasteiger partial charge < -0.3 is 15.2 Å². The quantitative estimate of drug-likeness (QED) is 0.802. The Hall–Kier alpha value is -1.43. The fraction of sp³-hybridized carbons (Fsp3) is 0.556. The van der Waals surface area contributed by atoms with Crippen LogP contribution in [0.15, 0.2) is 6.20 Å². The van der Waals surface area contributed by atoms with Gasteiger partial charge in [0.2, 0.25) is 11.8 Å². The first-order chi connectivity index (χ1) is 7.25. The molecule has 0 amide bonds. The van der Waals surface area contributed by atoms with Gasteiger partial charge in [0.15, 0.2) is 0 Å². The number of hydrogen-bond acceptors (Lipinski definition) is 5. The van der Waals surface area contributed by atoms with Gasteiger partial charge in [0.25, 0.3) is 5.88 Å². The molecule has 1 saturated heterocycles. The second kappa shape index (κ2) is 4.39. The Morgan fingerprint density at radius 1 is 1.67 bits per heavy atom. The maximum Gasteiger partial charge on any atom is 0.255 e. The second-order valence-electron chi connectivity index (χ2n) is 3.33. The Bertz CT molecular complexity index is 342. The lowest BCUT2D eigenvalue weighted by Gasteiger charge is -2.10. The topological polar surface area (TPSA) is 70.3 Å². The Morgan fingerprint density at radius 2 is 2.53 bits per heavy atom. The molecule has 0 aromatic carbocycles. The van der Waals surface area contributed by atoms with Crippen LogP contribution < -0.4 is 10.5 Å². The summed E-state index contributed by atoms with van der Waals surface area (Å²) in [6, 6.07) is 0. The summed E-state index contributed by atoms with van der Waals surface area (Å²) in [6.45, 7) is 1.04. The molecule has 82 valence electrons. The molecule has 0 bridgehead atoms. The van der Waals surface area contributed by atoms with Crippen molar-refractivity contribution in [1.82, 2.24) is 9.97 Å². The monoisotopic (exact) mass is 213 g/mol. The van der Waals surface area contributed by atoms with Crippen LogP contribution in [-0.2, 0) is 4.74 Å². The first-order valence-corrected chi connectivity index (χ1v) is 4.78. The predicted molar refractivity (Wildman–Crippen MR) is 50.9 cm³/mol. The average molecular weight is 213 g/mol. The van der Waals surface area contributed by atoms with E-state index in [2.05, 4.69) is 9.97 Å². The number of ether oxygens (including phenoxy) is 2. The summed E-state index contributed by atoms with van der Waals surface area (Å²) in [7, 11) is 0. The highest BCUT2D eigenvalue weighted by molar-refractivity contribution is 5.22. The Morgan fingerprint density at radius 3 is 3.27 bits per heavy atom. The molecule has 1 aromatic heterocycles. The highest BCUT2D eigenvalue weighted by Crippen LogP contribution is 2.16. The Kier molecular flexibility index (Phi) is 2.96. The first-order valence-electron chi connectivity index (χ1n) is 4.78. The molecule has 0 saturated carbocycles. The van der Waals surface area contributed by atoms with Crippen LogP contribution in [-0.4, -0.2) is 29.3 Å². The summed E-state index contributed by atoms with van der Waals surface area (Å²) in [5.41, 5.74) is 5.31. The molecule has 2 heterocycles. The number of hydrogen-bond donors (Lipinski definition) is 1. The molecule has 1 aliphatic heterocycles. The van der Waals surface area contributed by atoms with E-state index in [0.717, 1.165) is 25.6 Å². The number of nitrogens with zero attached hydrogens (tertiary/aromatic N) is 2. The van der Waals surface area contributed by atoms with Crippen LogP contribution in [0.5, 0.6) is 5.88 Å². The zero-order valence-electron chi connectivity index (χ0n) is 8.15. The Labute approximate surface area is 86.4 Å². The van der Waals surface area contributed by atoms with Crippen molar-refractivity contribution in [2.24, 2.45) is 0 Å². The molecule has 2 N–H and O–H groups in total. The SMILES string of the molecule is Nc1ncc(F)c(OCC2CCCO2)n1. The van der Waals surface area contributed by atoms with Gasteiger partial charge >= 0.3 is 0 Å². The number of rotatable bonds is 3. The highest BCUT2D eigenvalue weighted by atomic mass is 19.1. The van der Waals surface area contributed by atoms with E-state index in [9.17, 15) is 4.39 Å². The molecule has 1 aromatic rings. The van der Waals surface area contributed by atoms with Crippen LogP contribution >= 0.6 is 0 Å². The summed E-state index contributed by atoms with van der Waals surface area (Å²) in [5.74, 6) is -0.723. The molecule has 1 aliphatic rings. The number of nitrogens with two attached hydrogens (primary N) is 1. The number of aromatic nitrogens is 2. The van der Waals surface area contributed by atoms with Crippen molar-refractivity contribution >= 4 is 5.95 Å². The van der Waals surface area contributed by atoms with Gasteiger partial charge in [-0.2, -0.15) is 9.37 Å². The van der Waals surface area contributed by atoms with Gasteiger partial charge in [0.1, 0.15) is 6.61 Å². The standard InChI is InChI=1S/C9H12FN3O2/c10-7-4-12-9(11)13-8(7)15-5-6-2-1-3-14-6/h4,6H,1-3,5H2,(H2,11,12,13). The number of halogens is 1. The zero-order chi connectivity index (χ0) is 10.7. The minimum atomic E-state index is -0.609. The van der Waals surface area contributed by atoms with E-state index >= 15 is 0 Å². The molecule has 1 fully saturated rings. The van der Waals surface area contributed by atoms with Crippen LogP contribution in [0.3, 0.4) is 0 Å². The van der Waals surface area contributed by atoms with E-state index in [4.69, 9.17) is 15.2 Å². The van der Waals surface area contributed by atoms with E-state index in [1.54, 1.807) is 0 Å². The molecule has 0 aliphatic carbocycles.